The summed E-state index contributed by atoms with van der Waals surface area (Å²) in [6.07, 6.45) is 1.92. The van der Waals surface area contributed by atoms with Gasteiger partial charge in [-0.3, -0.25) is 19.9 Å². The first-order chi connectivity index (χ1) is 12.5. The van der Waals surface area contributed by atoms with Crippen LogP contribution in [0.2, 0.25) is 0 Å². The largest absolute Gasteiger partial charge is 0.335 e. The van der Waals surface area contributed by atoms with Gasteiger partial charge in [0.25, 0.3) is 5.91 Å². The monoisotopic (exact) mass is 353 g/mol. The Morgan fingerprint density at radius 3 is 2.54 bits per heavy atom. The van der Waals surface area contributed by atoms with Crippen molar-refractivity contribution in [3.63, 3.8) is 0 Å². The van der Waals surface area contributed by atoms with Crippen LogP contribution in [0.1, 0.15) is 12.5 Å². The Hall–Kier alpha value is -3.35. The van der Waals surface area contributed by atoms with Crippen LogP contribution in [-0.4, -0.2) is 24.1 Å². The van der Waals surface area contributed by atoms with Gasteiger partial charge in [-0.05, 0) is 30.2 Å². The molecule has 1 fully saturated rings. The first-order valence-corrected chi connectivity index (χ1v) is 8.08. The fraction of sp³-hybridized carbons (Fsp3) is 0.158. The number of rotatable bonds is 4. The zero-order chi connectivity index (χ0) is 18.7. The minimum Gasteiger partial charge on any atom is -0.276 e. The fourth-order valence-corrected chi connectivity index (χ4v) is 2.67. The highest BCUT2D eigenvalue weighted by Crippen LogP contribution is 2.24. The van der Waals surface area contributed by atoms with Gasteiger partial charge in [-0.1, -0.05) is 37.3 Å². The number of hydrogen-bond donors (Lipinski definition) is 1. The number of para-hydroxylation sites is 2. The number of aryl methyl sites for hydroxylation is 1. The molecule has 0 aromatic heterocycles. The van der Waals surface area contributed by atoms with Crippen molar-refractivity contribution in [2.45, 2.75) is 13.3 Å². The van der Waals surface area contributed by atoms with Crippen LogP contribution in [0.3, 0.4) is 0 Å². The summed E-state index contributed by atoms with van der Waals surface area (Å²) < 4.78 is 14.0. The molecule has 2 aromatic carbocycles. The van der Waals surface area contributed by atoms with Gasteiger partial charge in [0.05, 0.1) is 11.4 Å². The van der Waals surface area contributed by atoms with E-state index in [1.54, 1.807) is 12.1 Å². The third-order valence-electron chi connectivity index (χ3n) is 4.03. The summed E-state index contributed by atoms with van der Waals surface area (Å²) in [6, 6.07) is 11.7. The van der Waals surface area contributed by atoms with E-state index in [-0.39, 0.29) is 5.69 Å². The molecule has 3 rings (SSSR count). The number of urea groups is 1. The van der Waals surface area contributed by atoms with Gasteiger partial charge in [0.1, 0.15) is 5.82 Å². The third-order valence-corrected chi connectivity index (χ3v) is 4.03. The van der Waals surface area contributed by atoms with E-state index in [1.807, 2.05) is 19.1 Å². The lowest BCUT2D eigenvalue weighted by atomic mass is 10.1. The maximum atomic E-state index is 14.0. The summed E-state index contributed by atoms with van der Waals surface area (Å²) in [4.78, 5) is 41.7. The number of nitrogens with one attached hydrogen (secondary N) is 1. The van der Waals surface area contributed by atoms with Gasteiger partial charge in [-0.15, -0.1) is 0 Å². The molecule has 0 aliphatic carbocycles. The predicted octanol–water partition coefficient (Wildman–Crippen LogP) is 2.99. The Kier molecular flexibility index (Phi) is 4.88. The van der Waals surface area contributed by atoms with Crippen LogP contribution in [0.25, 0.3) is 0 Å². The number of amides is 4. The fourth-order valence-electron chi connectivity index (χ4n) is 2.67. The molecule has 0 unspecified atom stereocenters. The van der Waals surface area contributed by atoms with E-state index in [9.17, 15) is 18.8 Å². The number of imide groups is 2. The van der Waals surface area contributed by atoms with Crippen LogP contribution in [0.5, 0.6) is 0 Å². The molecule has 6 nitrogen and oxygen atoms in total. The standard InChI is InChI=1S/C19H16FN3O3/c1-2-12-7-3-5-9-15(12)21-11-13-17(24)22-19(26)23(18(13)25)16-10-6-4-8-14(16)20/h3-11,13H,2H2,1H3,(H,22,24,26)/t13-/m0/s1. The molecule has 0 saturated carbocycles. The highest BCUT2D eigenvalue weighted by atomic mass is 19.1. The summed E-state index contributed by atoms with van der Waals surface area (Å²) >= 11 is 0. The normalized spacial score (nSPS) is 17.7. The molecule has 132 valence electrons. The quantitative estimate of drug-likeness (QED) is 0.678. The lowest BCUT2D eigenvalue weighted by molar-refractivity contribution is -0.131. The van der Waals surface area contributed by atoms with E-state index in [1.165, 1.54) is 24.4 Å². The molecule has 26 heavy (non-hydrogen) atoms. The Labute approximate surface area is 149 Å². The van der Waals surface area contributed by atoms with Crippen LogP contribution in [0.4, 0.5) is 20.6 Å². The second-order valence-corrected chi connectivity index (χ2v) is 5.66. The van der Waals surface area contributed by atoms with E-state index in [0.717, 1.165) is 18.1 Å². The van der Waals surface area contributed by atoms with Gasteiger partial charge in [0.2, 0.25) is 5.91 Å². The smallest absolute Gasteiger partial charge is 0.276 e. The van der Waals surface area contributed by atoms with E-state index in [4.69, 9.17) is 0 Å². The van der Waals surface area contributed by atoms with Crippen molar-refractivity contribution in [1.29, 1.82) is 0 Å². The topological polar surface area (TPSA) is 78.8 Å². The number of anilines is 1. The average molecular weight is 353 g/mol. The highest BCUT2D eigenvalue weighted by molar-refractivity contribution is 6.32. The Bertz CT molecular complexity index is 910. The summed E-state index contributed by atoms with van der Waals surface area (Å²) in [5.41, 5.74) is 1.37. The number of benzene rings is 2. The molecular formula is C19H16FN3O3. The van der Waals surface area contributed by atoms with Crippen molar-refractivity contribution < 1.29 is 18.8 Å². The summed E-state index contributed by atoms with van der Waals surface area (Å²) in [7, 11) is 0. The molecule has 1 saturated heterocycles. The van der Waals surface area contributed by atoms with Gasteiger partial charge >= 0.3 is 6.03 Å². The molecular weight excluding hydrogens is 337 g/mol. The number of hydrogen-bond acceptors (Lipinski definition) is 4. The van der Waals surface area contributed by atoms with E-state index >= 15 is 0 Å². The molecule has 1 N–H and O–H groups in total. The lowest BCUT2D eigenvalue weighted by Crippen LogP contribution is -2.58. The van der Waals surface area contributed by atoms with Crippen molar-refractivity contribution in [3.05, 3.63) is 59.9 Å². The first kappa shape index (κ1) is 17.5. The number of nitrogens with zero attached hydrogens (tertiary/aromatic N) is 2. The molecule has 7 heteroatoms. The molecule has 1 aliphatic rings. The Morgan fingerprint density at radius 2 is 1.81 bits per heavy atom. The lowest BCUT2D eigenvalue weighted by Gasteiger charge is -2.28. The van der Waals surface area contributed by atoms with Gasteiger partial charge in [-0.2, -0.15) is 0 Å². The zero-order valence-electron chi connectivity index (χ0n) is 14.0. The van der Waals surface area contributed by atoms with Gasteiger partial charge < -0.3 is 0 Å². The summed E-state index contributed by atoms with van der Waals surface area (Å²) in [6.45, 7) is 1.96. The summed E-state index contributed by atoms with van der Waals surface area (Å²) in [5.74, 6) is -3.69. The van der Waals surface area contributed by atoms with Crippen molar-refractivity contribution in [3.8, 4) is 0 Å². The first-order valence-electron chi connectivity index (χ1n) is 8.08. The minimum absolute atomic E-state index is 0.213. The SMILES string of the molecule is CCc1ccccc1N=C[C@H]1C(=O)NC(=O)N(c2ccccc2F)C1=O. The number of barbiturate groups is 1. The molecule has 1 heterocycles. The number of carbonyl (C=O) groups is 3. The predicted molar refractivity (Wildman–Crippen MR) is 94.9 cm³/mol. The molecule has 0 spiro atoms. The molecule has 1 atom stereocenters. The van der Waals surface area contributed by atoms with Crippen LogP contribution >= 0.6 is 0 Å². The van der Waals surface area contributed by atoms with Crippen molar-refractivity contribution in [2.75, 3.05) is 4.90 Å². The van der Waals surface area contributed by atoms with E-state index in [0.29, 0.717) is 10.6 Å². The average Bonchev–Trinajstić information content (AvgIpc) is 2.63. The molecule has 4 amide bonds. The maximum Gasteiger partial charge on any atom is 0.335 e. The maximum absolute atomic E-state index is 14.0. The van der Waals surface area contributed by atoms with Gasteiger partial charge in [0, 0.05) is 6.21 Å². The van der Waals surface area contributed by atoms with Crippen molar-refractivity contribution in [2.24, 2.45) is 10.9 Å². The Balaban J connectivity index is 1.93. The highest BCUT2D eigenvalue weighted by Gasteiger charge is 2.41. The third kappa shape index (κ3) is 3.23. The second-order valence-electron chi connectivity index (χ2n) is 5.66. The van der Waals surface area contributed by atoms with E-state index in [2.05, 4.69) is 10.3 Å². The van der Waals surface area contributed by atoms with E-state index < -0.39 is 29.6 Å². The minimum atomic E-state index is -1.32. The molecule has 2 aromatic rings. The number of halogens is 1. The molecule has 0 bridgehead atoms. The van der Waals surface area contributed by atoms with Crippen LogP contribution < -0.4 is 10.2 Å². The summed E-state index contributed by atoms with van der Waals surface area (Å²) in [5, 5.41) is 2.07. The van der Waals surface area contributed by atoms with Crippen LogP contribution in [0, 0.1) is 11.7 Å². The van der Waals surface area contributed by atoms with Gasteiger partial charge in [0.15, 0.2) is 5.92 Å². The second kappa shape index (κ2) is 7.26. The van der Waals surface area contributed by atoms with Crippen molar-refractivity contribution >= 4 is 35.4 Å². The van der Waals surface area contributed by atoms with Crippen molar-refractivity contribution in [1.82, 2.24) is 5.32 Å². The number of carbonyl (C=O) groups excluding carboxylic acids is 3. The number of aliphatic imine (C=N–C) groups is 1. The zero-order valence-corrected chi connectivity index (χ0v) is 14.0. The van der Waals surface area contributed by atoms with Crippen LogP contribution in [-0.2, 0) is 16.0 Å². The Morgan fingerprint density at radius 1 is 1.12 bits per heavy atom. The van der Waals surface area contributed by atoms with Gasteiger partial charge in [-0.25, -0.2) is 14.1 Å². The van der Waals surface area contributed by atoms with Crippen LogP contribution in [0.15, 0.2) is 53.5 Å². The molecule has 1 aliphatic heterocycles. The molecule has 0 radical (unpaired) electrons.